The van der Waals surface area contributed by atoms with E-state index in [-0.39, 0.29) is 0 Å². The van der Waals surface area contributed by atoms with Gasteiger partial charge in [-0.2, -0.15) is 5.26 Å². The van der Waals surface area contributed by atoms with Crippen LogP contribution in [-0.2, 0) is 9.53 Å². The van der Waals surface area contributed by atoms with Crippen molar-refractivity contribution in [3.8, 4) is 22.9 Å². The van der Waals surface area contributed by atoms with Crippen LogP contribution in [0.5, 0.6) is 5.75 Å². The van der Waals surface area contributed by atoms with E-state index in [2.05, 4.69) is 6.07 Å². The Labute approximate surface area is 164 Å². The first kappa shape index (κ1) is 19.2. The van der Waals surface area contributed by atoms with Crippen LogP contribution in [0, 0.1) is 11.3 Å². The lowest BCUT2D eigenvalue weighted by Crippen LogP contribution is -2.22. The van der Waals surface area contributed by atoms with E-state index in [0.717, 1.165) is 21.9 Å². The normalized spacial score (nSPS) is 11.4. The van der Waals surface area contributed by atoms with Gasteiger partial charge in [-0.25, -0.2) is 4.79 Å². The molecule has 0 aliphatic rings. The van der Waals surface area contributed by atoms with E-state index in [0.29, 0.717) is 11.3 Å². The van der Waals surface area contributed by atoms with Crippen molar-refractivity contribution in [1.82, 2.24) is 0 Å². The van der Waals surface area contributed by atoms with E-state index >= 15 is 0 Å². The molecule has 0 aliphatic heterocycles. The maximum absolute atomic E-state index is 11.9. The highest BCUT2D eigenvalue weighted by molar-refractivity contribution is 5.99. The van der Waals surface area contributed by atoms with Gasteiger partial charge < -0.3 is 9.47 Å². The van der Waals surface area contributed by atoms with Gasteiger partial charge in [0.2, 0.25) is 0 Å². The van der Waals surface area contributed by atoms with Gasteiger partial charge in [0, 0.05) is 5.56 Å². The van der Waals surface area contributed by atoms with Gasteiger partial charge in [0.05, 0.1) is 24.0 Å². The lowest BCUT2D eigenvalue weighted by Gasteiger charge is -2.18. The van der Waals surface area contributed by atoms with Crippen LogP contribution in [0.1, 0.15) is 26.3 Å². The Hall–Kier alpha value is -3.58. The van der Waals surface area contributed by atoms with Crippen molar-refractivity contribution in [2.24, 2.45) is 0 Å². The molecule has 0 unspecified atom stereocenters. The minimum atomic E-state index is -0.558. The van der Waals surface area contributed by atoms with Gasteiger partial charge in [0.1, 0.15) is 11.4 Å². The van der Waals surface area contributed by atoms with Gasteiger partial charge in [-0.15, -0.1) is 0 Å². The molecule has 4 heteroatoms. The zero-order valence-corrected chi connectivity index (χ0v) is 16.1. The summed E-state index contributed by atoms with van der Waals surface area (Å²) >= 11 is 0. The highest BCUT2D eigenvalue weighted by atomic mass is 16.6. The van der Waals surface area contributed by atoms with Gasteiger partial charge >= 0.3 is 5.97 Å². The summed E-state index contributed by atoms with van der Waals surface area (Å²) in [6.45, 7) is 5.43. The molecular formula is C24H21NO3. The molecule has 0 spiro atoms. The zero-order chi connectivity index (χ0) is 20.1. The molecule has 4 nitrogen and oxygen atoms in total. The fourth-order valence-electron chi connectivity index (χ4n) is 2.86. The summed E-state index contributed by atoms with van der Waals surface area (Å²) in [5, 5.41) is 11.1. The molecule has 0 amide bonds. The molecule has 0 aliphatic carbocycles. The van der Waals surface area contributed by atoms with E-state index in [9.17, 15) is 4.79 Å². The SMILES string of the molecule is CC(C)(C)OC(=O)/C=C\Oc1ccc2ccccc2c1-c1ccc(C#N)cc1. The van der Waals surface area contributed by atoms with Crippen molar-refractivity contribution in [3.05, 3.63) is 78.6 Å². The molecule has 140 valence electrons. The van der Waals surface area contributed by atoms with Crippen LogP contribution >= 0.6 is 0 Å². The summed E-state index contributed by atoms with van der Waals surface area (Å²) in [6, 6.07) is 21.3. The topological polar surface area (TPSA) is 59.3 Å². The Balaban J connectivity index is 1.98. The Morgan fingerprint density at radius 2 is 1.71 bits per heavy atom. The Bertz CT molecular complexity index is 1070. The van der Waals surface area contributed by atoms with Crippen LogP contribution < -0.4 is 4.74 Å². The molecular weight excluding hydrogens is 350 g/mol. The number of carbonyl (C=O) groups excluding carboxylic acids is 1. The van der Waals surface area contributed by atoms with Crippen LogP contribution in [0.25, 0.3) is 21.9 Å². The number of rotatable bonds is 4. The molecule has 0 fully saturated rings. The molecule has 0 N–H and O–H groups in total. The number of benzene rings is 3. The lowest BCUT2D eigenvalue weighted by atomic mass is 9.96. The first-order chi connectivity index (χ1) is 13.4. The summed E-state index contributed by atoms with van der Waals surface area (Å²) in [7, 11) is 0. The smallest absolute Gasteiger partial charge is 0.334 e. The Morgan fingerprint density at radius 1 is 1.00 bits per heavy atom. The Morgan fingerprint density at radius 3 is 2.39 bits per heavy atom. The molecule has 3 aromatic rings. The second kappa shape index (κ2) is 7.98. The largest absolute Gasteiger partial charge is 0.464 e. The summed E-state index contributed by atoms with van der Waals surface area (Å²) in [5.74, 6) is 0.149. The highest BCUT2D eigenvalue weighted by Gasteiger charge is 2.14. The third-order valence-corrected chi connectivity index (χ3v) is 4.00. The van der Waals surface area contributed by atoms with Crippen molar-refractivity contribution in [2.45, 2.75) is 26.4 Å². The van der Waals surface area contributed by atoms with Gasteiger partial charge in [-0.05, 0) is 55.3 Å². The maximum Gasteiger partial charge on any atom is 0.334 e. The van der Waals surface area contributed by atoms with Crippen molar-refractivity contribution in [2.75, 3.05) is 0 Å². The summed E-state index contributed by atoms with van der Waals surface area (Å²) < 4.78 is 11.0. The van der Waals surface area contributed by atoms with Gasteiger partial charge in [0.15, 0.2) is 0 Å². The lowest BCUT2D eigenvalue weighted by molar-refractivity contribution is -0.148. The highest BCUT2D eigenvalue weighted by Crippen LogP contribution is 2.37. The number of esters is 1. The Kier molecular flexibility index (Phi) is 5.47. The molecule has 0 aromatic heterocycles. The molecule has 28 heavy (non-hydrogen) atoms. The molecule has 0 atom stereocenters. The second-order valence-electron chi connectivity index (χ2n) is 7.30. The number of nitriles is 1. The van der Waals surface area contributed by atoms with Crippen molar-refractivity contribution >= 4 is 16.7 Å². The molecule has 0 saturated carbocycles. The fraction of sp³-hybridized carbons (Fsp3) is 0.167. The average molecular weight is 371 g/mol. The second-order valence-corrected chi connectivity index (χ2v) is 7.30. The predicted octanol–water partition coefficient (Wildman–Crippen LogP) is 5.61. The maximum atomic E-state index is 11.9. The van der Waals surface area contributed by atoms with Crippen LogP contribution in [0.3, 0.4) is 0 Å². The molecule has 0 heterocycles. The number of ether oxygens (including phenoxy) is 2. The standard InChI is InChI=1S/C24H21NO3/c1-24(2,3)28-22(26)14-15-27-21-13-12-18-6-4-5-7-20(18)23(21)19-10-8-17(16-25)9-11-19/h4-15H,1-3H3/b15-14-. The summed E-state index contributed by atoms with van der Waals surface area (Å²) in [5.41, 5.74) is 1.86. The van der Waals surface area contributed by atoms with E-state index < -0.39 is 11.6 Å². The molecule has 3 aromatic carbocycles. The summed E-state index contributed by atoms with van der Waals surface area (Å²) in [4.78, 5) is 11.9. The molecule has 3 rings (SSSR count). The number of nitrogens with zero attached hydrogens (tertiary/aromatic N) is 1. The van der Waals surface area contributed by atoms with Crippen LogP contribution in [0.4, 0.5) is 0 Å². The number of hydrogen-bond donors (Lipinski definition) is 0. The van der Waals surface area contributed by atoms with E-state index in [1.165, 1.54) is 12.3 Å². The van der Waals surface area contributed by atoms with Crippen molar-refractivity contribution < 1.29 is 14.3 Å². The minimum absolute atomic E-state index is 0.465. The number of fused-ring (bicyclic) bond motifs is 1. The molecule has 0 bridgehead atoms. The first-order valence-corrected chi connectivity index (χ1v) is 8.96. The van der Waals surface area contributed by atoms with E-state index in [1.807, 2.05) is 69.3 Å². The fourth-order valence-corrected chi connectivity index (χ4v) is 2.86. The molecule has 0 radical (unpaired) electrons. The van der Waals surface area contributed by atoms with Gasteiger partial charge in [-0.3, -0.25) is 0 Å². The number of hydrogen-bond acceptors (Lipinski definition) is 4. The minimum Gasteiger partial charge on any atom is -0.464 e. The van der Waals surface area contributed by atoms with Crippen molar-refractivity contribution in [1.29, 1.82) is 5.26 Å². The van der Waals surface area contributed by atoms with Crippen LogP contribution in [-0.4, -0.2) is 11.6 Å². The third-order valence-electron chi connectivity index (χ3n) is 4.00. The molecule has 0 saturated heterocycles. The predicted molar refractivity (Wildman–Crippen MR) is 110 cm³/mol. The first-order valence-electron chi connectivity index (χ1n) is 8.96. The van der Waals surface area contributed by atoms with E-state index in [1.54, 1.807) is 12.1 Å². The number of carbonyl (C=O) groups is 1. The van der Waals surface area contributed by atoms with Crippen LogP contribution in [0.2, 0.25) is 0 Å². The average Bonchev–Trinajstić information content (AvgIpc) is 2.66. The quantitative estimate of drug-likeness (QED) is 0.340. The van der Waals surface area contributed by atoms with Crippen molar-refractivity contribution in [3.63, 3.8) is 0 Å². The van der Waals surface area contributed by atoms with Gasteiger partial charge in [-0.1, -0.05) is 42.5 Å². The van der Waals surface area contributed by atoms with Gasteiger partial charge in [0.25, 0.3) is 0 Å². The monoisotopic (exact) mass is 371 g/mol. The van der Waals surface area contributed by atoms with E-state index in [4.69, 9.17) is 14.7 Å². The zero-order valence-electron chi connectivity index (χ0n) is 16.1. The third kappa shape index (κ3) is 4.57. The van der Waals surface area contributed by atoms with Crippen LogP contribution in [0.15, 0.2) is 73.0 Å². The summed E-state index contributed by atoms with van der Waals surface area (Å²) in [6.07, 6.45) is 2.61.